The van der Waals surface area contributed by atoms with Crippen LogP contribution < -0.4 is 10.6 Å². The molecule has 6 nitrogen and oxygen atoms in total. The van der Waals surface area contributed by atoms with Crippen molar-refractivity contribution in [3.05, 3.63) is 64.7 Å². The number of morpholine rings is 1. The molecule has 1 atom stereocenters. The van der Waals surface area contributed by atoms with E-state index in [0.29, 0.717) is 31.7 Å². The summed E-state index contributed by atoms with van der Waals surface area (Å²) in [6, 6.07) is 7.89. The Labute approximate surface area is 160 Å². The largest absolute Gasteiger partial charge is 0.377 e. The van der Waals surface area contributed by atoms with Crippen molar-refractivity contribution in [3.63, 3.8) is 0 Å². The van der Waals surface area contributed by atoms with Crippen LogP contribution >= 0.6 is 0 Å². The molecule has 8 heteroatoms. The van der Waals surface area contributed by atoms with Gasteiger partial charge in [0.1, 0.15) is 5.82 Å². The van der Waals surface area contributed by atoms with Crippen LogP contribution in [0.5, 0.6) is 0 Å². The number of urea groups is 1. The molecule has 0 bridgehead atoms. The summed E-state index contributed by atoms with van der Waals surface area (Å²) in [5.41, 5.74) is 1.36. The number of hydrogen-bond acceptors (Lipinski definition) is 3. The first kappa shape index (κ1) is 18.4. The fraction of sp³-hybridized carbons (Fsp3) is 0.300. The van der Waals surface area contributed by atoms with Crippen LogP contribution in [-0.2, 0) is 11.2 Å². The van der Waals surface area contributed by atoms with Gasteiger partial charge in [-0.3, -0.25) is 4.79 Å². The van der Waals surface area contributed by atoms with Crippen LogP contribution in [0, 0.1) is 11.6 Å². The van der Waals surface area contributed by atoms with Crippen LogP contribution in [0.15, 0.2) is 36.4 Å². The SMILES string of the molecule is O=C1NCCc2c1ccc(NC(=O)N1CCOCC1c1ccc(F)cc1)c2F. The van der Waals surface area contributed by atoms with Gasteiger partial charge in [-0.15, -0.1) is 0 Å². The second-order valence-corrected chi connectivity index (χ2v) is 6.72. The molecule has 1 fully saturated rings. The zero-order valence-corrected chi connectivity index (χ0v) is 15.0. The fourth-order valence-electron chi connectivity index (χ4n) is 3.57. The number of nitrogens with zero attached hydrogens (tertiary/aromatic N) is 1. The third-order valence-electron chi connectivity index (χ3n) is 5.03. The van der Waals surface area contributed by atoms with Crippen molar-refractivity contribution in [2.24, 2.45) is 0 Å². The van der Waals surface area contributed by atoms with E-state index in [0.717, 1.165) is 5.56 Å². The van der Waals surface area contributed by atoms with E-state index in [4.69, 9.17) is 4.74 Å². The van der Waals surface area contributed by atoms with E-state index in [-0.39, 0.29) is 29.6 Å². The van der Waals surface area contributed by atoms with Crippen molar-refractivity contribution in [1.29, 1.82) is 0 Å². The molecule has 28 heavy (non-hydrogen) atoms. The molecule has 2 heterocycles. The molecule has 1 unspecified atom stereocenters. The number of rotatable bonds is 2. The Morgan fingerprint density at radius 1 is 1.18 bits per heavy atom. The molecular formula is C20H19F2N3O3. The number of halogens is 2. The van der Waals surface area contributed by atoms with Gasteiger partial charge in [0.2, 0.25) is 0 Å². The number of amides is 3. The van der Waals surface area contributed by atoms with Crippen LogP contribution in [0.2, 0.25) is 0 Å². The molecule has 2 N–H and O–H groups in total. The predicted molar refractivity (Wildman–Crippen MR) is 98.1 cm³/mol. The first-order valence-electron chi connectivity index (χ1n) is 9.05. The molecule has 3 amide bonds. The molecule has 1 saturated heterocycles. The Bertz CT molecular complexity index is 918. The molecule has 0 aromatic heterocycles. The fourth-order valence-corrected chi connectivity index (χ4v) is 3.57. The smallest absolute Gasteiger partial charge is 0.322 e. The maximum atomic E-state index is 14.8. The number of hydrogen-bond donors (Lipinski definition) is 2. The molecule has 2 aromatic carbocycles. The van der Waals surface area contributed by atoms with Gasteiger partial charge in [0.25, 0.3) is 5.91 Å². The highest BCUT2D eigenvalue weighted by atomic mass is 19.1. The van der Waals surface area contributed by atoms with Crippen LogP contribution in [0.25, 0.3) is 0 Å². The second kappa shape index (κ2) is 7.55. The quantitative estimate of drug-likeness (QED) is 0.833. The third-order valence-corrected chi connectivity index (χ3v) is 5.03. The number of ether oxygens (including phenoxy) is 1. The Kier molecular flexibility index (Phi) is 4.95. The van der Waals surface area contributed by atoms with Crippen LogP contribution in [0.1, 0.15) is 27.5 Å². The third kappa shape index (κ3) is 3.43. The molecular weight excluding hydrogens is 368 g/mol. The average Bonchev–Trinajstić information content (AvgIpc) is 2.71. The summed E-state index contributed by atoms with van der Waals surface area (Å²) in [6.07, 6.45) is 0.367. The van der Waals surface area contributed by atoms with Crippen molar-refractivity contribution >= 4 is 17.6 Å². The van der Waals surface area contributed by atoms with Gasteiger partial charge < -0.3 is 20.3 Å². The van der Waals surface area contributed by atoms with Crippen molar-refractivity contribution in [2.45, 2.75) is 12.5 Å². The van der Waals surface area contributed by atoms with E-state index in [1.165, 1.54) is 24.3 Å². The lowest BCUT2D eigenvalue weighted by Gasteiger charge is -2.36. The van der Waals surface area contributed by atoms with Crippen LogP contribution in [-0.4, -0.2) is 43.1 Å². The number of nitrogens with one attached hydrogen (secondary N) is 2. The summed E-state index contributed by atoms with van der Waals surface area (Å²) < 4.78 is 33.5. The molecule has 0 radical (unpaired) electrons. The van der Waals surface area contributed by atoms with E-state index in [1.54, 1.807) is 17.0 Å². The molecule has 0 aliphatic carbocycles. The van der Waals surface area contributed by atoms with Crippen molar-refractivity contribution < 1.29 is 23.1 Å². The van der Waals surface area contributed by atoms with Crippen molar-refractivity contribution in [1.82, 2.24) is 10.2 Å². The molecule has 2 aromatic rings. The van der Waals surface area contributed by atoms with Gasteiger partial charge in [-0.05, 0) is 36.2 Å². The number of benzene rings is 2. The topological polar surface area (TPSA) is 70.7 Å². The van der Waals surface area contributed by atoms with Gasteiger partial charge in [-0.1, -0.05) is 12.1 Å². The molecule has 2 aliphatic rings. The number of carbonyl (C=O) groups is 2. The summed E-state index contributed by atoms with van der Waals surface area (Å²) in [5.74, 6) is -1.27. The van der Waals surface area contributed by atoms with Gasteiger partial charge in [-0.2, -0.15) is 0 Å². The summed E-state index contributed by atoms with van der Waals surface area (Å²) in [7, 11) is 0. The van der Waals surface area contributed by atoms with E-state index >= 15 is 0 Å². The zero-order valence-electron chi connectivity index (χ0n) is 15.0. The lowest BCUT2D eigenvalue weighted by molar-refractivity contribution is 0.0147. The summed E-state index contributed by atoms with van der Waals surface area (Å²) in [5, 5.41) is 5.27. The van der Waals surface area contributed by atoms with E-state index in [1.807, 2.05) is 0 Å². The van der Waals surface area contributed by atoms with Gasteiger partial charge in [0, 0.05) is 24.2 Å². The lowest BCUT2D eigenvalue weighted by Crippen LogP contribution is -2.45. The van der Waals surface area contributed by atoms with Gasteiger partial charge in [-0.25, -0.2) is 13.6 Å². The van der Waals surface area contributed by atoms with E-state index in [2.05, 4.69) is 10.6 Å². The second-order valence-electron chi connectivity index (χ2n) is 6.72. The Morgan fingerprint density at radius 3 is 2.75 bits per heavy atom. The highest BCUT2D eigenvalue weighted by Gasteiger charge is 2.30. The summed E-state index contributed by atoms with van der Waals surface area (Å²) >= 11 is 0. The normalized spacial score (nSPS) is 19.0. The standard InChI is InChI=1S/C20H19F2N3O3/c21-13-3-1-12(2-4-13)17-11-28-10-9-25(17)20(27)24-16-6-5-15-14(18(16)22)7-8-23-19(15)26/h1-6,17H,7-11H2,(H,23,26)(H,24,27). The van der Waals surface area contributed by atoms with Crippen LogP contribution in [0.3, 0.4) is 0 Å². The van der Waals surface area contributed by atoms with Gasteiger partial charge >= 0.3 is 6.03 Å². The molecule has 0 spiro atoms. The minimum atomic E-state index is -0.590. The minimum absolute atomic E-state index is 0.0304. The first-order valence-corrected chi connectivity index (χ1v) is 9.05. The first-order chi connectivity index (χ1) is 13.5. The molecule has 146 valence electrons. The Morgan fingerprint density at radius 2 is 1.96 bits per heavy atom. The van der Waals surface area contributed by atoms with E-state index < -0.39 is 17.9 Å². The molecule has 0 saturated carbocycles. The van der Waals surface area contributed by atoms with Crippen molar-refractivity contribution in [3.8, 4) is 0 Å². The average molecular weight is 387 g/mol. The maximum absolute atomic E-state index is 14.8. The highest BCUT2D eigenvalue weighted by Crippen LogP contribution is 2.28. The monoisotopic (exact) mass is 387 g/mol. The lowest BCUT2D eigenvalue weighted by atomic mass is 9.99. The summed E-state index contributed by atoms with van der Waals surface area (Å²) in [6.45, 7) is 1.31. The molecule has 2 aliphatic heterocycles. The molecule has 4 rings (SSSR count). The predicted octanol–water partition coefficient (Wildman–Crippen LogP) is 2.86. The summed E-state index contributed by atoms with van der Waals surface area (Å²) in [4.78, 5) is 26.2. The number of carbonyl (C=O) groups excluding carboxylic acids is 2. The zero-order chi connectivity index (χ0) is 19.7. The number of anilines is 1. The Hall–Kier alpha value is -3.00. The van der Waals surface area contributed by atoms with Gasteiger partial charge in [0.05, 0.1) is 24.9 Å². The van der Waals surface area contributed by atoms with Crippen molar-refractivity contribution in [2.75, 3.05) is 31.6 Å². The Balaban J connectivity index is 1.57. The van der Waals surface area contributed by atoms with E-state index in [9.17, 15) is 18.4 Å². The highest BCUT2D eigenvalue weighted by molar-refractivity contribution is 5.98. The maximum Gasteiger partial charge on any atom is 0.322 e. The number of fused-ring (bicyclic) bond motifs is 1. The minimum Gasteiger partial charge on any atom is -0.377 e. The van der Waals surface area contributed by atoms with Gasteiger partial charge in [0.15, 0.2) is 5.82 Å². The van der Waals surface area contributed by atoms with Crippen LogP contribution in [0.4, 0.5) is 19.3 Å².